The minimum atomic E-state index is -4.28. The van der Waals surface area contributed by atoms with Gasteiger partial charge in [-0.3, -0.25) is 4.79 Å². The van der Waals surface area contributed by atoms with Crippen molar-refractivity contribution in [3.05, 3.63) is 30.1 Å². The van der Waals surface area contributed by atoms with Crippen molar-refractivity contribution >= 4 is 16.0 Å². The number of β-amino-alcohol motifs (C(OH)–C–C–N with tert-alkyl or cyclic N) is 1. The average molecular weight is 289 g/mol. The van der Waals surface area contributed by atoms with Crippen LogP contribution in [0.25, 0.3) is 0 Å². The van der Waals surface area contributed by atoms with E-state index >= 15 is 0 Å². The number of aliphatic hydroxyl groups excluding tert-OH is 1. The van der Waals surface area contributed by atoms with Gasteiger partial charge >= 0.3 is 5.97 Å². The van der Waals surface area contributed by atoms with Crippen LogP contribution in [0.4, 0.5) is 4.39 Å². The molecule has 2 N–H and O–H groups in total. The maximum atomic E-state index is 13.5. The molecule has 2 atom stereocenters. The van der Waals surface area contributed by atoms with Crippen LogP contribution < -0.4 is 0 Å². The van der Waals surface area contributed by atoms with Crippen LogP contribution in [0, 0.1) is 5.82 Å². The Morgan fingerprint density at radius 1 is 1.37 bits per heavy atom. The first kappa shape index (κ1) is 13.9. The lowest BCUT2D eigenvalue weighted by Crippen LogP contribution is -2.40. The first-order valence-electron chi connectivity index (χ1n) is 5.51. The van der Waals surface area contributed by atoms with Crippen molar-refractivity contribution in [1.82, 2.24) is 4.31 Å². The molecule has 0 amide bonds. The smallest absolute Gasteiger partial charge is 0.322 e. The fourth-order valence-electron chi connectivity index (χ4n) is 2.05. The normalized spacial score (nSPS) is 24.5. The summed E-state index contributed by atoms with van der Waals surface area (Å²) in [4.78, 5) is 10.4. The lowest BCUT2D eigenvalue weighted by molar-refractivity contribution is -0.140. The molecule has 0 aromatic heterocycles. The third-order valence-corrected chi connectivity index (χ3v) is 4.85. The van der Waals surface area contributed by atoms with Crippen molar-refractivity contribution in [1.29, 1.82) is 0 Å². The van der Waals surface area contributed by atoms with Gasteiger partial charge in [0, 0.05) is 13.0 Å². The lowest BCUT2D eigenvalue weighted by Gasteiger charge is -2.20. The van der Waals surface area contributed by atoms with Gasteiger partial charge in [0.2, 0.25) is 10.0 Å². The Hall–Kier alpha value is -1.51. The Kier molecular flexibility index (Phi) is 3.57. The molecule has 1 aliphatic heterocycles. The highest BCUT2D eigenvalue weighted by Crippen LogP contribution is 2.27. The van der Waals surface area contributed by atoms with Gasteiger partial charge in [-0.05, 0) is 12.1 Å². The molecule has 1 aromatic rings. The minimum Gasteiger partial charge on any atom is -0.480 e. The number of halogens is 1. The second-order valence-electron chi connectivity index (χ2n) is 4.25. The lowest BCUT2D eigenvalue weighted by atomic mass is 10.2. The van der Waals surface area contributed by atoms with Crippen molar-refractivity contribution in [2.24, 2.45) is 0 Å². The monoisotopic (exact) mass is 289 g/mol. The molecule has 0 saturated carbocycles. The molecule has 1 heterocycles. The summed E-state index contributed by atoms with van der Waals surface area (Å²) in [5.74, 6) is -2.32. The molecule has 1 saturated heterocycles. The van der Waals surface area contributed by atoms with Crippen LogP contribution in [0.2, 0.25) is 0 Å². The zero-order valence-corrected chi connectivity index (χ0v) is 10.5. The van der Waals surface area contributed by atoms with Gasteiger partial charge in [-0.2, -0.15) is 4.31 Å². The predicted octanol–water partition coefficient (Wildman–Crippen LogP) is 0.0342. The van der Waals surface area contributed by atoms with Crippen molar-refractivity contribution in [3.63, 3.8) is 0 Å². The van der Waals surface area contributed by atoms with Gasteiger partial charge in [-0.1, -0.05) is 12.1 Å². The molecule has 0 bridgehead atoms. The molecule has 6 nitrogen and oxygen atoms in total. The number of sulfonamides is 1. The highest BCUT2D eigenvalue weighted by molar-refractivity contribution is 7.89. The number of nitrogens with zero attached hydrogens (tertiary/aromatic N) is 1. The number of aliphatic carboxylic acids is 1. The van der Waals surface area contributed by atoms with Crippen LogP contribution in [0.1, 0.15) is 6.42 Å². The van der Waals surface area contributed by atoms with Gasteiger partial charge in [0.25, 0.3) is 0 Å². The number of aliphatic hydroxyl groups is 1. The molecule has 1 aliphatic rings. The van der Waals surface area contributed by atoms with Crippen LogP contribution in [-0.4, -0.2) is 47.6 Å². The maximum absolute atomic E-state index is 13.5. The Balaban J connectivity index is 2.45. The molecule has 104 valence electrons. The molecule has 1 aromatic carbocycles. The zero-order chi connectivity index (χ0) is 14.2. The molecule has 2 rings (SSSR count). The summed E-state index contributed by atoms with van der Waals surface area (Å²) in [6.07, 6.45) is -1.27. The molecule has 0 spiro atoms. The Morgan fingerprint density at radius 3 is 2.58 bits per heavy atom. The van der Waals surface area contributed by atoms with Gasteiger partial charge in [-0.25, -0.2) is 12.8 Å². The Morgan fingerprint density at radius 2 is 2.00 bits per heavy atom. The number of rotatable bonds is 3. The molecule has 19 heavy (non-hydrogen) atoms. The van der Waals surface area contributed by atoms with Gasteiger partial charge in [0.05, 0.1) is 6.10 Å². The van der Waals surface area contributed by atoms with E-state index in [1.165, 1.54) is 12.1 Å². The number of hydrogen-bond donors (Lipinski definition) is 2. The van der Waals surface area contributed by atoms with Gasteiger partial charge < -0.3 is 10.2 Å². The van der Waals surface area contributed by atoms with Crippen LogP contribution in [0.3, 0.4) is 0 Å². The fourth-order valence-corrected chi connectivity index (χ4v) is 3.75. The summed E-state index contributed by atoms with van der Waals surface area (Å²) in [6, 6.07) is 3.35. The van der Waals surface area contributed by atoms with Crippen molar-refractivity contribution in [3.8, 4) is 0 Å². The molecular formula is C11H12FNO5S. The highest BCUT2D eigenvalue weighted by atomic mass is 32.2. The second kappa shape index (κ2) is 4.87. The molecule has 8 heteroatoms. The second-order valence-corrected chi connectivity index (χ2v) is 6.11. The van der Waals surface area contributed by atoms with E-state index in [2.05, 4.69) is 0 Å². The van der Waals surface area contributed by atoms with Gasteiger partial charge in [0.15, 0.2) is 0 Å². The van der Waals surface area contributed by atoms with Crippen LogP contribution in [-0.2, 0) is 14.8 Å². The number of hydrogen-bond acceptors (Lipinski definition) is 4. The number of carbonyl (C=O) groups is 1. The third-order valence-electron chi connectivity index (χ3n) is 2.94. The first-order valence-corrected chi connectivity index (χ1v) is 6.95. The molecule has 1 fully saturated rings. The fraction of sp³-hybridized carbons (Fsp3) is 0.364. The van der Waals surface area contributed by atoms with E-state index in [4.69, 9.17) is 5.11 Å². The summed E-state index contributed by atoms with van der Waals surface area (Å²) >= 11 is 0. The standard InChI is InChI=1S/C11H12FNO5S/c12-8-3-1-2-4-10(8)19(17,18)13-6-7(14)5-9(13)11(15)16/h1-4,7,9,14H,5-6H2,(H,15,16)/t7-,9+/m1/s1. The SMILES string of the molecule is O=C(O)[C@@H]1C[C@@H](O)CN1S(=O)(=O)c1ccccc1F. The van der Waals surface area contributed by atoms with Crippen LogP contribution in [0.5, 0.6) is 0 Å². The van der Waals surface area contributed by atoms with Crippen molar-refractivity contribution < 1.29 is 27.8 Å². The Bertz CT molecular complexity index is 603. The van der Waals surface area contributed by atoms with Crippen molar-refractivity contribution in [2.45, 2.75) is 23.5 Å². The third kappa shape index (κ3) is 2.46. The van der Waals surface area contributed by atoms with Crippen LogP contribution >= 0.6 is 0 Å². The highest BCUT2D eigenvalue weighted by Gasteiger charge is 2.44. The Labute approximate surface area is 109 Å². The molecule has 0 unspecified atom stereocenters. The number of benzene rings is 1. The summed E-state index contributed by atoms with van der Waals surface area (Å²) in [5, 5.41) is 18.4. The number of carboxylic acid groups (broad SMARTS) is 1. The van der Waals surface area contributed by atoms with E-state index in [0.29, 0.717) is 4.31 Å². The molecule has 0 aliphatic carbocycles. The molecule has 0 radical (unpaired) electrons. The minimum absolute atomic E-state index is 0.205. The topological polar surface area (TPSA) is 94.9 Å². The van der Waals surface area contributed by atoms with E-state index in [0.717, 1.165) is 12.1 Å². The summed E-state index contributed by atoms with van der Waals surface area (Å²) in [6.45, 7) is -0.354. The van der Waals surface area contributed by atoms with E-state index in [9.17, 15) is 22.7 Å². The van der Waals surface area contributed by atoms with Gasteiger partial charge in [0.1, 0.15) is 16.8 Å². The average Bonchev–Trinajstić information content (AvgIpc) is 2.72. The maximum Gasteiger partial charge on any atom is 0.322 e. The van der Waals surface area contributed by atoms with Crippen molar-refractivity contribution in [2.75, 3.05) is 6.54 Å². The predicted molar refractivity (Wildman–Crippen MR) is 62.3 cm³/mol. The van der Waals surface area contributed by atoms with E-state index in [1.807, 2.05) is 0 Å². The summed E-state index contributed by atoms with van der Waals surface area (Å²) < 4.78 is 38.6. The quantitative estimate of drug-likeness (QED) is 0.819. The van der Waals surface area contributed by atoms with Crippen LogP contribution in [0.15, 0.2) is 29.2 Å². The summed E-state index contributed by atoms with van der Waals surface area (Å²) in [7, 11) is -4.28. The number of carboxylic acids is 1. The summed E-state index contributed by atoms with van der Waals surface area (Å²) in [5.41, 5.74) is 0. The van der Waals surface area contributed by atoms with E-state index in [1.54, 1.807) is 0 Å². The van der Waals surface area contributed by atoms with E-state index in [-0.39, 0.29) is 13.0 Å². The zero-order valence-electron chi connectivity index (χ0n) is 9.73. The first-order chi connectivity index (χ1) is 8.84. The largest absolute Gasteiger partial charge is 0.480 e. The van der Waals surface area contributed by atoms with E-state index < -0.39 is 38.9 Å². The molecular weight excluding hydrogens is 277 g/mol. The van der Waals surface area contributed by atoms with Gasteiger partial charge in [-0.15, -0.1) is 0 Å².